The van der Waals surface area contributed by atoms with Gasteiger partial charge in [0, 0.05) is 11.6 Å². The molecule has 1 atom stereocenters. The molecule has 30 heavy (non-hydrogen) atoms. The van der Waals surface area contributed by atoms with E-state index in [-0.39, 0.29) is 30.3 Å². The Balaban J connectivity index is 1.85. The lowest BCUT2D eigenvalue weighted by Crippen LogP contribution is -2.29. The molecular formula is C22H20O7S. The van der Waals surface area contributed by atoms with E-state index in [1.54, 1.807) is 6.07 Å². The molecule has 0 aromatic heterocycles. The van der Waals surface area contributed by atoms with Crippen LogP contribution < -0.4 is 9.47 Å². The molecule has 0 saturated carbocycles. The lowest BCUT2D eigenvalue weighted by atomic mass is 10.1. The lowest BCUT2D eigenvalue weighted by Gasteiger charge is -2.13. The minimum absolute atomic E-state index is 0.172. The van der Waals surface area contributed by atoms with Crippen molar-refractivity contribution in [3.63, 3.8) is 0 Å². The average molecular weight is 428 g/mol. The Bertz CT molecular complexity index is 1040. The maximum atomic E-state index is 12.3. The number of hydrogen-bond donors (Lipinski definition) is 2. The van der Waals surface area contributed by atoms with E-state index < -0.39 is 21.3 Å². The highest BCUT2D eigenvalue weighted by atomic mass is 32.2. The minimum atomic E-state index is -4.96. The molecule has 3 aromatic carbocycles. The van der Waals surface area contributed by atoms with Crippen LogP contribution in [-0.4, -0.2) is 29.3 Å². The summed E-state index contributed by atoms with van der Waals surface area (Å²) in [7, 11) is -4.96. The third-order valence-corrected chi connectivity index (χ3v) is 4.95. The Hall–Kier alpha value is -3.20. The Labute approximate surface area is 174 Å². The number of carbonyl (C=O) groups is 1. The van der Waals surface area contributed by atoms with Crippen molar-refractivity contribution in [1.29, 1.82) is 0 Å². The zero-order chi connectivity index (χ0) is 21.6. The van der Waals surface area contributed by atoms with Crippen LogP contribution in [0.3, 0.4) is 0 Å². The lowest BCUT2D eigenvalue weighted by molar-refractivity contribution is 0.0847. The van der Waals surface area contributed by atoms with E-state index >= 15 is 0 Å². The summed E-state index contributed by atoms with van der Waals surface area (Å²) in [6.45, 7) is 0.412. The third kappa shape index (κ3) is 5.90. The van der Waals surface area contributed by atoms with Gasteiger partial charge in [-0.25, -0.2) is 0 Å². The van der Waals surface area contributed by atoms with Crippen molar-refractivity contribution in [1.82, 2.24) is 0 Å². The van der Waals surface area contributed by atoms with Crippen molar-refractivity contribution in [2.45, 2.75) is 18.6 Å². The molecule has 0 aliphatic rings. The molecule has 0 aliphatic carbocycles. The van der Waals surface area contributed by atoms with Crippen LogP contribution in [0.2, 0.25) is 0 Å². The van der Waals surface area contributed by atoms with E-state index in [0.717, 1.165) is 11.1 Å². The van der Waals surface area contributed by atoms with Gasteiger partial charge in [0.15, 0.2) is 0 Å². The molecule has 156 valence electrons. The quantitative estimate of drug-likeness (QED) is 0.398. The standard InChI is InChI=1S/C22H20O7S/c23-21(22(24)30(25,26)27)18-11-19(28-14-16-7-3-1-4-8-16)13-20(12-18)29-15-17-9-5-2-6-10-17/h1-13,22,24H,14-15H2,(H,25,26,27). The highest BCUT2D eigenvalue weighted by Crippen LogP contribution is 2.26. The number of Topliss-reactive ketones (excluding diaryl/α,β-unsaturated/α-hetero) is 1. The van der Waals surface area contributed by atoms with Gasteiger partial charge in [-0.05, 0) is 23.3 Å². The number of rotatable bonds is 9. The molecule has 0 saturated heterocycles. The fourth-order valence-electron chi connectivity index (χ4n) is 2.64. The van der Waals surface area contributed by atoms with Gasteiger partial charge in [-0.1, -0.05) is 60.7 Å². The number of ketones is 1. The van der Waals surface area contributed by atoms with Crippen LogP contribution in [-0.2, 0) is 23.3 Å². The molecule has 0 aliphatic heterocycles. The summed E-state index contributed by atoms with van der Waals surface area (Å²) in [5, 5.41) is 9.64. The van der Waals surface area contributed by atoms with Gasteiger partial charge >= 0.3 is 0 Å². The number of ether oxygens (including phenoxy) is 2. The number of hydrogen-bond acceptors (Lipinski definition) is 6. The molecule has 0 heterocycles. The molecule has 0 fully saturated rings. The van der Waals surface area contributed by atoms with Gasteiger partial charge in [0.25, 0.3) is 10.1 Å². The van der Waals surface area contributed by atoms with E-state index in [1.807, 2.05) is 60.7 Å². The van der Waals surface area contributed by atoms with Gasteiger partial charge in [0.1, 0.15) is 24.7 Å². The van der Waals surface area contributed by atoms with Crippen molar-refractivity contribution in [3.8, 4) is 11.5 Å². The molecule has 2 N–H and O–H groups in total. The second kappa shape index (κ2) is 9.53. The molecular weight excluding hydrogens is 408 g/mol. The minimum Gasteiger partial charge on any atom is -0.489 e. The van der Waals surface area contributed by atoms with Crippen LogP contribution >= 0.6 is 0 Å². The van der Waals surface area contributed by atoms with E-state index in [1.165, 1.54) is 12.1 Å². The molecule has 0 radical (unpaired) electrons. The van der Waals surface area contributed by atoms with Gasteiger partial charge < -0.3 is 14.6 Å². The predicted octanol–water partition coefficient (Wildman–Crippen LogP) is 3.23. The monoisotopic (exact) mass is 428 g/mol. The van der Waals surface area contributed by atoms with Crippen LogP contribution in [0, 0.1) is 0 Å². The van der Waals surface area contributed by atoms with Crippen molar-refractivity contribution in [2.75, 3.05) is 0 Å². The third-order valence-electron chi connectivity index (χ3n) is 4.17. The Morgan fingerprint density at radius 2 is 1.23 bits per heavy atom. The smallest absolute Gasteiger partial charge is 0.299 e. The Morgan fingerprint density at radius 1 is 0.800 bits per heavy atom. The maximum absolute atomic E-state index is 12.3. The first-order chi connectivity index (χ1) is 14.3. The molecule has 0 spiro atoms. The molecule has 0 amide bonds. The Morgan fingerprint density at radius 3 is 1.63 bits per heavy atom. The SMILES string of the molecule is O=C(c1cc(OCc2ccccc2)cc(OCc2ccccc2)c1)C(O)S(=O)(=O)O. The van der Waals surface area contributed by atoms with Gasteiger partial charge in [-0.2, -0.15) is 8.42 Å². The summed E-state index contributed by atoms with van der Waals surface area (Å²) >= 11 is 0. The van der Waals surface area contributed by atoms with E-state index in [4.69, 9.17) is 14.0 Å². The highest BCUT2D eigenvalue weighted by Gasteiger charge is 2.30. The fraction of sp³-hybridized carbons (Fsp3) is 0.136. The summed E-state index contributed by atoms with van der Waals surface area (Å²) in [6, 6.07) is 22.8. The van der Waals surface area contributed by atoms with Crippen molar-refractivity contribution >= 4 is 15.9 Å². The van der Waals surface area contributed by atoms with Gasteiger partial charge in [0.05, 0.1) is 0 Å². The first-order valence-corrected chi connectivity index (χ1v) is 10.5. The topological polar surface area (TPSA) is 110 Å². The molecule has 8 heteroatoms. The highest BCUT2D eigenvalue weighted by molar-refractivity contribution is 7.87. The predicted molar refractivity (Wildman–Crippen MR) is 110 cm³/mol. The zero-order valence-electron chi connectivity index (χ0n) is 15.8. The number of aliphatic hydroxyl groups is 1. The Kier molecular flexibility index (Phi) is 6.83. The zero-order valence-corrected chi connectivity index (χ0v) is 16.7. The molecule has 3 rings (SSSR count). The van der Waals surface area contributed by atoms with Gasteiger partial charge in [-0.3, -0.25) is 9.35 Å². The molecule has 7 nitrogen and oxygen atoms in total. The summed E-state index contributed by atoms with van der Waals surface area (Å²) in [5.41, 5.74) is -0.990. The molecule has 1 unspecified atom stereocenters. The van der Waals surface area contributed by atoms with Gasteiger partial charge in [-0.15, -0.1) is 0 Å². The summed E-state index contributed by atoms with van der Waals surface area (Å²) < 4.78 is 42.7. The molecule has 0 bridgehead atoms. The van der Waals surface area contributed by atoms with Crippen LogP contribution in [0.25, 0.3) is 0 Å². The van der Waals surface area contributed by atoms with Crippen molar-refractivity contribution < 1.29 is 32.3 Å². The van der Waals surface area contributed by atoms with Crippen molar-refractivity contribution in [2.24, 2.45) is 0 Å². The van der Waals surface area contributed by atoms with Crippen LogP contribution in [0.15, 0.2) is 78.9 Å². The summed E-state index contributed by atoms with van der Waals surface area (Å²) in [5.74, 6) is -0.696. The van der Waals surface area contributed by atoms with Crippen LogP contribution in [0.5, 0.6) is 11.5 Å². The van der Waals surface area contributed by atoms with E-state index in [2.05, 4.69) is 0 Å². The summed E-state index contributed by atoms with van der Waals surface area (Å²) in [4.78, 5) is 12.3. The first kappa shape index (κ1) is 21.5. The van der Waals surface area contributed by atoms with E-state index in [9.17, 15) is 18.3 Å². The van der Waals surface area contributed by atoms with Crippen LogP contribution in [0.1, 0.15) is 21.5 Å². The second-order valence-electron chi connectivity index (χ2n) is 6.47. The maximum Gasteiger partial charge on any atom is 0.299 e. The van der Waals surface area contributed by atoms with Crippen molar-refractivity contribution in [3.05, 3.63) is 95.6 Å². The first-order valence-electron chi connectivity index (χ1n) is 9.00. The average Bonchev–Trinajstić information content (AvgIpc) is 2.76. The van der Waals surface area contributed by atoms with E-state index in [0.29, 0.717) is 0 Å². The van der Waals surface area contributed by atoms with Gasteiger partial charge in [0.2, 0.25) is 11.2 Å². The fourth-order valence-corrected chi connectivity index (χ4v) is 3.05. The van der Waals surface area contributed by atoms with Crippen LogP contribution in [0.4, 0.5) is 0 Å². The number of aliphatic hydroxyl groups excluding tert-OH is 1. The summed E-state index contributed by atoms with van der Waals surface area (Å²) in [6.07, 6.45) is 0. The number of carbonyl (C=O) groups excluding carboxylic acids is 1. The largest absolute Gasteiger partial charge is 0.489 e. The normalized spacial score (nSPS) is 12.2. The number of benzene rings is 3. The molecule has 3 aromatic rings. The second-order valence-corrected chi connectivity index (χ2v) is 7.95.